The van der Waals surface area contributed by atoms with Crippen molar-refractivity contribution in [3.05, 3.63) is 44.0 Å². The summed E-state index contributed by atoms with van der Waals surface area (Å²) in [4.78, 5) is 14.5. The van der Waals surface area contributed by atoms with Crippen LogP contribution in [0.15, 0.2) is 6.07 Å². The highest BCUT2D eigenvalue weighted by Gasteiger charge is 2.09. The number of rotatable bonds is 3. The van der Waals surface area contributed by atoms with Gasteiger partial charge in [-0.2, -0.15) is 0 Å². The van der Waals surface area contributed by atoms with Crippen molar-refractivity contribution in [2.24, 2.45) is 0 Å². The van der Waals surface area contributed by atoms with E-state index < -0.39 is 5.09 Å². The summed E-state index contributed by atoms with van der Waals surface area (Å²) in [5.41, 5.74) is 5.40. The zero-order valence-corrected chi connectivity index (χ0v) is 9.46. The molecule has 1 aromatic rings. The van der Waals surface area contributed by atoms with E-state index in [0.29, 0.717) is 0 Å². The summed E-state index contributed by atoms with van der Waals surface area (Å²) in [5, 5.41) is 9.37. The molecule has 0 atom stereocenters. The molecule has 0 spiro atoms. The number of nitrogens with zero attached hydrogens (tertiary/aromatic N) is 1. The Balaban J connectivity index is 3.07. The van der Waals surface area contributed by atoms with Crippen molar-refractivity contribution >= 4 is 0 Å². The van der Waals surface area contributed by atoms with Gasteiger partial charge in [0.1, 0.15) is 6.61 Å². The molecule has 0 aliphatic carbocycles. The van der Waals surface area contributed by atoms with Crippen LogP contribution in [0.3, 0.4) is 0 Å². The summed E-state index contributed by atoms with van der Waals surface area (Å²) in [5.74, 6) is 0. The fraction of sp³-hybridized carbons (Fsp3) is 0.455. The quantitative estimate of drug-likeness (QED) is 0.568. The van der Waals surface area contributed by atoms with Gasteiger partial charge in [-0.3, -0.25) is 0 Å². The fourth-order valence-electron chi connectivity index (χ4n) is 1.68. The lowest BCUT2D eigenvalue weighted by Crippen LogP contribution is -2.05. The summed E-state index contributed by atoms with van der Waals surface area (Å²) < 4.78 is 0. The molecule has 15 heavy (non-hydrogen) atoms. The van der Waals surface area contributed by atoms with Crippen molar-refractivity contribution < 1.29 is 9.92 Å². The zero-order valence-electron chi connectivity index (χ0n) is 9.46. The average molecular weight is 209 g/mol. The molecule has 0 aromatic heterocycles. The molecule has 4 heteroatoms. The molecule has 0 saturated carbocycles. The maximum Gasteiger partial charge on any atom is 0.294 e. The van der Waals surface area contributed by atoms with Crippen molar-refractivity contribution in [1.29, 1.82) is 0 Å². The molecule has 0 radical (unpaired) electrons. The summed E-state index contributed by atoms with van der Waals surface area (Å²) >= 11 is 0. The Morgan fingerprint density at radius 3 is 2.33 bits per heavy atom. The highest BCUT2D eigenvalue weighted by molar-refractivity contribution is 5.43. The maximum atomic E-state index is 10.1. The van der Waals surface area contributed by atoms with E-state index in [9.17, 15) is 10.1 Å². The molecule has 0 aliphatic rings. The Morgan fingerprint density at radius 2 is 1.80 bits per heavy atom. The summed E-state index contributed by atoms with van der Waals surface area (Å²) in [6.07, 6.45) is 0. The maximum absolute atomic E-state index is 10.1. The lowest BCUT2D eigenvalue weighted by molar-refractivity contribution is -0.763. The number of benzene rings is 1. The third-order valence-electron chi connectivity index (χ3n) is 2.83. The number of hydrogen-bond acceptors (Lipinski definition) is 3. The van der Waals surface area contributed by atoms with Gasteiger partial charge in [0.05, 0.1) is 0 Å². The first-order valence-electron chi connectivity index (χ1n) is 4.77. The molecule has 0 aliphatic heterocycles. The predicted octanol–water partition coefficient (Wildman–Crippen LogP) is 2.63. The van der Waals surface area contributed by atoms with E-state index in [1.165, 1.54) is 11.1 Å². The van der Waals surface area contributed by atoms with Crippen LogP contribution in [0.5, 0.6) is 0 Å². The van der Waals surface area contributed by atoms with Gasteiger partial charge in [-0.1, -0.05) is 6.07 Å². The minimum absolute atomic E-state index is 0.0335. The van der Waals surface area contributed by atoms with Crippen LogP contribution in [-0.4, -0.2) is 5.09 Å². The molecular formula is C11H15NO3. The van der Waals surface area contributed by atoms with Crippen LogP contribution in [0.2, 0.25) is 0 Å². The monoisotopic (exact) mass is 209 g/mol. The summed E-state index contributed by atoms with van der Waals surface area (Å²) in [6.45, 7) is 7.99. The Bertz CT molecular complexity index is 399. The predicted molar refractivity (Wildman–Crippen MR) is 57.2 cm³/mol. The normalized spacial score (nSPS) is 10.1. The Morgan fingerprint density at radius 1 is 1.20 bits per heavy atom. The van der Waals surface area contributed by atoms with Gasteiger partial charge in [-0.05, 0) is 55.5 Å². The fourth-order valence-corrected chi connectivity index (χ4v) is 1.68. The summed E-state index contributed by atoms with van der Waals surface area (Å²) in [7, 11) is 0. The van der Waals surface area contributed by atoms with E-state index in [-0.39, 0.29) is 6.61 Å². The first-order chi connectivity index (χ1) is 6.93. The van der Waals surface area contributed by atoms with Crippen LogP contribution in [0.25, 0.3) is 0 Å². The van der Waals surface area contributed by atoms with Crippen molar-refractivity contribution in [1.82, 2.24) is 0 Å². The Labute approximate surface area is 89.0 Å². The molecule has 0 amide bonds. The Hall–Kier alpha value is -1.58. The largest absolute Gasteiger partial charge is 0.309 e. The molecule has 0 bridgehead atoms. The molecule has 1 rings (SSSR count). The van der Waals surface area contributed by atoms with Gasteiger partial charge in [-0.25, -0.2) is 0 Å². The third-order valence-corrected chi connectivity index (χ3v) is 2.83. The second-order valence-corrected chi connectivity index (χ2v) is 3.74. The smallest absolute Gasteiger partial charge is 0.294 e. The van der Waals surface area contributed by atoms with Crippen molar-refractivity contribution in [2.75, 3.05) is 0 Å². The van der Waals surface area contributed by atoms with Gasteiger partial charge < -0.3 is 4.84 Å². The van der Waals surface area contributed by atoms with E-state index in [0.717, 1.165) is 16.7 Å². The second-order valence-electron chi connectivity index (χ2n) is 3.74. The lowest BCUT2D eigenvalue weighted by Gasteiger charge is -2.13. The molecular weight excluding hydrogens is 194 g/mol. The van der Waals surface area contributed by atoms with Gasteiger partial charge >= 0.3 is 0 Å². The standard InChI is InChI=1S/C11H15NO3/c1-7-5-8(2)11(6-15-12(13)14)10(4)9(7)3/h5H,6H2,1-4H3. The first kappa shape index (κ1) is 11.5. The topological polar surface area (TPSA) is 52.4 Å². The summed E-state index contributed by atoms with van der Waals surface area (Å²) in [6, 6.07) is 2.03. The average Bonchev–Trinajstić information content (AvgIpc) is 2.14. The van der Waals surface area contributed by atoms with Crippen LogP contribution < -0.4 is 0 Å². The molecule has 0 heterocycles. The third kappa shape index (κ3) is 2.46. The van der Waals surface area contributed by atoms with E-state index >= 15 is 0 Å². The van der Waals surface area contributed by atoms with Gasteiger partial charge in [0.15, 0.2) is 0 Å². The van der Waals surface area contributed by atoms with Gasteiger partial charge in [0, 0.05) is 0 Å². The van der Waals surface area contributed by atoms with Crippen LogP contribution in [0.1, 0.15) is 27.8 Å². The molecule has 1 aromatic carbocycles. The number of aryl methyl sites for hydroxylation is 2. The minimum Gasteiger partial charge on any atom is -0.309 e. The minimum atomic E-state index is -0.756. The number of hydrogen-bond donors (Lipinski definition) is 0. The first-order valence-corrected chi connectivity index (χ1v) is 4.77. The molecule has 0 unspecified atom stereocenters. The molecule has 0 saturated heterocycles. The van der Waals surface area contributed by atoms with Crippen LogP contribution in [0.4, 0.5) is 0 Å². The van der Waals surface area contributed by atoms with Crippen molar-refractivity contribution in [2.45, 2.75) is 34.3 Å². The SMILES string of the molecule is Cc1cc(C)c(CO[N+](=O)[O-])c(C)c1C. The lowest BCUT2D eigenvalue weighted by atomic mass is 9.95. The Kier molecular flexibility index (Phi) is 3.29. The van der Waals surface area contributed by atoms with E-state index in [4.69, 9.17) is 0 Å². The van der Waals surface area contributed by atoms with Crippen LogP contribution in [-0.2, 0) is 11.4 Å². The van der Waals surface area contributed by atoms with Crippen LogP contribution >= 0.6 is 0 Å². The highest BCUT2D eigenvalue weighted by Crippen LogP contribution is 2.22. The molecule has 0 N–H and O–H groups in total. The van der Waals surface area contributed by atoms with Gasteiger partial charge in [0.25, 0.3) is 5.09 Å². The van der Waals surface area contributed by atoms with Crippen LogP contribution in [0, 0.1) is 37.8 Å². The molecule has 82 valence electrons. The van der Waals surface area contributed by atoms with E-state index in [2.05, 4.69) is 4.84 Å². The zero-order chi connectivity index (χ0) is 11.6. The van der Waals surface area contributed by atoms with E-state index in [1.54, 1.807) is 0 Å². The van der Waals surface area contributed by atoms with Gasteiger partial charge in [-0.15, -0.1) is 10.1 Å². The van der Waals surface area contributed by atoms with E-state index in [1.807, 2.05) is 33.8 Å². The van der Waals surface area contributed by atoms with Crippen molar-refractivity contribution in [3.63, 3.8) is 0 Å². The molecule has 4 nitrogen and oxygen atoms in total. The molecule has 0 fully saturated rings. The highest BCUT2D eigenvalue weighted by atomic mass is 16.9. The van der Waals surface area contributed by atoms with Gasteiger partial charge in [0.2, 0.25) is 0 Å². The second kappa shape index (κ2) is 4.29. The van der Waals surface area contributed by atoms with Crippen molar-refractivity contribution in [3.8, 4) is 0 Å².